The van der Waals surface area contributed by atoms with E-state index in [0.717, 1.165) is 37.7 Å². The van der Waals surface area contributed by atoms with Gasteiger partial charge in [0.25, 0.3) is 0 Å². The van der Waals surface area contributed by atoms with Gasteiger partial charge in [-0.3, -0.25) is 9.59 Å². The predicted molar refractivity (Wildman–Crippen MR) is 181 cm³/mol. The zero-order chi connectivity index (χ0) is 33.7. The van der Waals surface area contributed by atoms with Gasteiger partial charge in [-0.2, -0.15) is 11.8 Å². The number of ketones is 2. The number of aromatic nitrogens is 2. The maximum atomic E-state index is 15.7. The number of H-pyrrole nitrogens is 1. The van der Waals surface area contributed by atoms with Crippen LogP contribution >= 0.6 is 11.8 Å². The van der Waals surface area contributed by atoms with E-state index < -0.39 is 52.1 Å². The first-order valence-corrected chi connectivity index (χ1v) is 18.5. The SMILES string of the molecule is CSC[C@H](N)C(=O)[N+]1(N2CCC(N(C)C)CC2)C(=O)C(Cc2ccccc2)CC(=O)c2c[nH]c(n2)C(=O)[C@H](O)[C@@H]1CC1CCCCC1. The van der Waals surface area contributed by atoms with Gasteiger partial charge in [0.2, 0.25) is 5.78 Å². The Morgan fingerprint density at radius 3 is 2.43 bits per heavy atom. The molecule has 5 atom stereocenters. The number of aliphatic hydroxyl groups excluding tert-OH is 1. The highest BCUT2D eigenvalue weighted by Crippen LogP contribution is 2.39. The van der Waals surface area contributed by atoms with Crippen LogP contribution in [0.1, 0.15) is 84.5 Å². The van der Waals surface area contributed by atoms with E-state index in [9.17, 15) is 14.7 Å². The lowest BCUT2D eigenvalue weighted by Crippen LogP contribution is -2.79. The van der Waals surface area contributed by atoms with Crippen molar-refractivity contribution in [3.63, 3.8) is 0 Å². The van der Waals surface area contributed by atoms with Crippen LogP contribution in [0.4, 0.5) is 0 Å². The molecular weight excluding hydrogens is 616 g/mol. The van der Waals surface area contributed by atoms with Gasteiger partial charge in [0.05, 0.1) is 19.0 Å². The molecule has 2 fully saturated rings. The number of aromatic amines is 1. The Morgan fingerprint density at radius 1 is 1.11 bits per heavy atom. The lowest BCUT2D eigenvalue weighted by atomic mass is 9.81. The molecule has 2 unspecified atom stereocenters. The Bertz CT molecular complexity index is 1400. The summed E-state index contributed by atoms with van der Waals surface area (Å²) in [7, 11) is 4.05. The summed E-state index contributed by atoms with van der Waals surface area (Å²) in [6.07, 6.45) is 8.08. The van der Waals surface area contributed by atoms with Crippen LogP contribution in [-0.4, -0.2) is 116 Å². The molecular formula is C35H51N6O5S+. The predicted octanol–water partition coefficient (Wildman–Crippen LogP) is 3.24. The third-order valence-corrected chi connectivity index (χ3v) is 11.3. The van der Waals surface area contributed by atoms with Crippen LogP contribution in [0.15, 0.2) is 36.5 Å². The van der Waals surface area contributed by atoms with E-state index in [1.807, 2.05) is 55.7 Å². The van der Waals surface area contributed by atoms with E-state index in [1.165, 1.54) is 18.0 Å². The molecule has 0 spiro atoms. The van der Waals surface area contributed by atoms with Gasteiger partial charge in [0.15, 0.2) is 23.8 Å². The Morgan fingerprint density at radius 2 is 1.79 bits per heavy atom. The van der Waals surface area contributed by atoms with Crippen LogP contribution in [-0.2, 0) is 16.0 Å². The van der Waals surface area contributed by atoms with Crippen LogP contribution in [0.2, 0.25) is 0 Å². The highest BCUT2D eigenvalue weighted by Gasteiger charge is 2.63. The molecule has 5 rings (SSSR count). The van der Waals surface area contributed by atoms with Gasteiger partial charge in [0.1, 0.15) is 11.7 Å². The molecule has 2 bridgehead atoms. The van der Waals surface area contributed by atoms with Crippen LogP contribution in [0.3, 0.4) is 0 Å². The standard InChI is InChI=1S/C35H50N6O5S/c1-39(2)26-14-16-40(17-15-26)41(35(46)27(36)22-47-3)29(19-24-12-8-5-9-13-24)31(43)32(44)33-37-21-28(38-33)30(42)20-25(34(41)45)18-23-10-6-4-7-11-23/h4,6-7,10-11,21,24-27,29,31,43H,5,8-9,12-20,22,36H2,1-3H3/p+1/t25?,27-,29-,31+,41?/m0/s1. The summed E-state index contributed by atoms with van der Waals surface area (Å²) in [5, 5.41) is 14.1. The Labute approximate surface area is 282 Å². The third-order valence-electron chi connectivity index (χ3n) is 10.6. The molecule has 1 aromatic heterocycles. The number of carbonyl (C=O) groups excluding carboxylic acids is 4. The van der Waals surface area contributed by atoms with Crippen molar-refractivity contribution >= 4 is 35.1 Å². The van der Waals surface area contributed by atoms with Crippen molar-refractivity contribution in [2.75, 3.05) is 39.2 Å². The van der Waals surface area contributed by atoms with Crippen molar-refractivity contribution in [3.05, 3.63) is 53.6 Å². The van der Waals surface area contributed by atoms with E-state index in [2.05, 4.69) is 14.9 Å². The molecule has 2 aromatic rings. The van der Waals surface area contributed by atoms with Crippen LogP contribution in [0.5, 0.6) is 0 Å². The average Bonchev–Trinajstić information content (AvgIpc) is 3.58. The fourth-order valence-corrected chi connectivity index (χ4v) is 8.52. The molecule has 3 aliphatic rings. The average molecular weight is 668 g/mol. The first-order chi connectivity index (χ1) is 22.6. The zero-order valence-electron chi connectivity index (χ0n) is 28.0. The number of hydrogen-bond acceptors (Lipinski definition) is 10. The Kier molecular flexibility index (Phi) is 11.8. The summed E-state index contributed by atoms with van der Waals surface area (Å²) in [5.41, 5.74) is 7.57. The quantitative estimate of drug-likeness (QED) is 0.340. The molecule has 47 heavy (non-hydrogen) atoms. The fourth-order valence-electron chi connectivity index (χ4n) is 8.02. The lowest BCUT2D eigenvalue weighted by molar-refractivity contribution is -0.930. The number of carbonyl (C=O) groups is 4. The van der Waals surface area contributed by atoms with E-state index in [4.69, 9.17) is 5.73 Å². The van der Waals surface area contributed by atoms with Gasteiger partial charge in [-0.25, -0.2) is 14.6 Å². The maximum absolute atomic E-state index is 15.7. The molecule has 2 aliphatic heterocycles. The van der Waals surface area contributed by atoms with E-state index in [-0.39, 0.29) is 42.1 Å². The van der Waals surface area contributed by atoms with Gasteiger partial charge < -0.3 is 20.7 Å². The molecule has 12 heteroatoms. The van der Waals surface area contributed by atoms with Gasteiger partial charge in [-0.15, -0.1) is 9.60 Å². The normalized spacial score (nSPS) is 28.0. The third kappa shape index (κ3) is 7.47. The summed E-state index contributed by atoms with van der Waals surface area (Å²) in [6, 6.07) is 7.55. The molecule has 4 N–H and O–H groups in total. The van der Waals surface area contributed by atoms with Crippen molar-refractivity contribution in [2.24, 2.45) is 17.6 Å². The number of fused-ring (bicyclic) bond motifs is 2. The number of nitrogens with two attached hydrogens (primary N) is 1. The number of hydrogen-bond donors (Lipinski definition) is 3. The minimum Gasteiger partial charge on any atom is -0.379 e. The summed E-state index contributed by atoms with van der Waals surface area (Å²) >= 11 is 1.41. The first-order valence-electron chi connectivity index (χ1n) is 17.1. The summed E-state index contributed by atoms with van der Waals surface area (Å²) in [4.78, 5) is 68.1. The number of quaternary nitrogens is 1. The number of imide groups is 1. The maximum Gasteiger partial charge on any atom is 0.358 e. The molecule has 1 saturated heterocycles. The smallest absolute Gasteiger partial charge is 0.358 e. The summed E-state index contributed by atoms with van der Waals surface area (Å²) < 4.78 is -0.859. The number of Topliss-reactive ketones (excluding diaryl/α,β-unsaturated/α-hetero) is 2. The van der Waals surface area contributed by atoms with Gasteiger partial charge in [-0.05, 0) is 51.1 Å². The molecule has 3 heterocycles. The van der Waals surface area contributed by atoms with Crippen LogP contribution < -0.4 is 5.73 Å². The molecule has 11 nitrogen and oxygen atoms in total. The molecule has 1 aliphatic carbocycles. The Hall–Kier alpha value is -2.74. The van der Waals surface area contributed by atoms with Crippen LogP contribution in [0.25, 0.3) is 0 Å². The molecule has 2 amide bonds. The summed E-state index contributed by atoms with van der Waals surface area (Å²) in [6.45, 7) is 0.787. The number of benzene rings is 1. The van der Waals surface area contributed by atoms with Gasteiger partial charge in [0, 0.05) is 30.8 Å². The number of rotatable bonds is 9. The minimum atomic E-state index is -1.73. The van der Waals surface area contributed by atoms with Crippen molar-refractivity contribution in [3.8, 4) is 0 Å². The highest BCUT2D eigenvalue weighted by molar-refractivity contribution is 7.98. The minimum absolute atomic E-state index is 0.0347. The number of imidazole rings is 1. The second kappa shape index (κ2) is 15.7. The van der Waals surface area contributed by atoms with Gasteiger partial charge >= 0.3 is 11.8 Å². The van der Waals surface area contributed by atoms with Crippen molar-refractivity contribution < 1.29 is 28.9 Å². The number of piperidine rings is 1. The van der Waals surface area contributed by atoms with Crippen molar-refractivity contribution in [1.29, 1.82) is 0 Å². The van der Waals surface area contributed by atoms with E-state index >= 15 is 9.59 Å². The lowest BCUT2D eigenvalue weighted by Gasteiger charge is -2.51. The Balaban J connectivity index is 1.75. The first kappa shape index (κ1) is 35.6. The molecule has 256 valence electrons. The largest absolute Gasteiger partial charge is 0.379 e. The van der Waals surface area contributed by atoms with Crippen LogP contribution in [0, 0.1) is 11.8 Å². The number of amides is 2. The molecule has 1 aromatic carbocycles. The number of nitrogens with one attached hydrogen (secondary N) is 1. The van der Waals surface area contributed by atoms with Crippen molar-refractivity contribution in [1.82, 2.24) is 19.9 Å². The second-order valence-corrected chi connectivity index (χ2v) is 14.7. The number of nitrogens with zero attached hydrogens (tertiary/aromatic N) is 4. The van der Waals surface area contributed by atoms with Crippen molar-refractivity contribution in [2.45, 2.75) is 88.4 Å². The highest BCUT2D eigenvalue weighted by atomic mass is 32.2. The number of aliphatic hydroxyl groups is 1. The second-order valence-electron chi connectivity index (χ2n) is 13.8. The number of thioether (sulfide) groups is 1. The zero-order valence-corrected chi connectivity index (χ0v) is 28.8. The fraction of sp³-hybridized carbons (Fsp3) is 0.629. The van der Waals surface area contributed by atoms with E-state index in [0.29, 0.717) is 32.4 Å². The summed E-state index contributed by atoms with van der Waals surface area (Å²) in [5.74, 6) is -2.83. The van der Waals surface area contributed by atoms with Gasteiger partial charge in [-0.1, -0.05) is 62.4 Å². The molecule has 0 radical (unpaired) electrons. The van der Waals surface area contributed by atoms with E-state index in [1.54, 1.807) is 0 Å². The molecule has 1 saturated carbocycles. The monoisotopic (exact) mass is 667 g/mol. The topological polar surface area (TPSA) is 150 Å².